The Hall–Kier alpha value is -0.610. The topological polar surface area (TPSA) is 44.4 Å². The largest absolute Gasteiger partial charge is 0.355 e. The molecule has 0 aromatic rings. The van der Waals surface area contributed by atoms with E-state index in [2.05, 4.69) is 22.5 Å². The van der Waals surface area contributed by atoms with E-state index in [4.69, 9.17) is 0 Å². The van der Waals surface area contributed by atoms with Gasteiger partial charge in [0.2, 0.25) is 5.91 Å². The van der Waals surface area contributed by atoms with Gasteiger partial charge in [0.1, 0.15) is 0 Å². The molecule has 4 heteroatoms. The second-order valence-corrected chi connectivity index (χ2v) is 6.65. The summed E-state index contributed by atoms with van der Waals surface area (Å²) >= 11 is 0. The average molecular weight is 265 g/mol. The summed E-state index contributed by atoms with van der Waals surface area (Å²) < 4.78 is 0. The molecule has 2 unspecified atom stereocenters. The van der Waals surface area contributed by atoms with Crippen LogP contribution in [0.15, 0.2) is 0 Å². The fourth-order valence-corrected chi connectivity index (χ4v) is 3.62. The van der Waals surface area contributed by atoms with Gasteiger partial charge in [0.25, 0.3) is 0 Å². The second-order valence-electron chi connectivity index (χ2n) is 6.65. The third-order valence-corrected chi connectivity index (χ3v) is 5.33. The van der Waals surface area contributed by atoms with Crippen LogP contribution in [-0.2, 0) is 4.79 Å². The number of amides is 1. The van der Waals surface area contributed by atoms with Crippen LogP contribution in [0, 0.1) is 11.3 Å². The predicted molar refractivity (Wildman–Crippen MR) is 75.9 cm³/mol. The molecule has 2 heterocycles. The second kappa shape index (κ2) is 5.41. The minimum Gasteiger partial charge on any atom is -0.355 e. The third kappa shape index (κ3) is 2.79. The van der Waals surface area contributed by atoms with Crippen LogP contribution in [0.4, 0.5) is 0 Å². The molecule has 3 fully saturated rings. The maximum absolute atomic E-state index is 12.4. The summed E-state index contributed by atoms with van der Waals surface area (Å²) in [5.41, 5.74) is -0.130. The zero-order valence-electron chi connectivity index (χ0n) is 12.1. The van der Waals surface area contributed by atoms with Gasteiger partial charge >= 0.3 is 0 Å². The quantitative estimate of drug-likeness (QED) is 0.779. The van der Waals surface area contributed by atoms with E-state index in [0.29, 0.717) is 5.92 Å². The molecular weight excluding hydrogens is 238 g/mol. The van der Waals surface area contributed by atoms with E-state index in [0.717, 1.165) is 38.5 Å². The molecule has 0 aromatic carbocycles. The Labute approximate surface area is 116 Å². The fraction of sp³-hybridized carbons (Fsp3) is 0.933. The van der Waals surface area contributed by atoms with Crippen molar-refractivity contribution in [3.05, 3.63) is 0 Å². The van der Waals surface area contributed by atoms with Gasteiger partial charge in [-0.25, -0.2) is 0 Å². The van der Waals surface area contributed by atoms with Crippen molar-refractivity contribution in [3.63, 3.8) is 0 Å². The van der Waals surface area contributed by atoms with E-state index in [1.807, 2.05) is 0 Å². The van der Waals surface area contributed by atoms with Crippen LogP contribution in [0.5, 0.6) is 0 Å². The molecule has 2 N–H and O–H groups in total. The number of hydrogen-bond donors (Lipinski definition) is 2. The van der Waals surface area contributed by atoms with E-state index in [1.165, 1.54) is 32.4 Å². The van der Waals surface area contributed by atoms with Gasteiger partial charge in [0.05, 0.1) is 5.41 Å². The van der Waals surface area contributed by atoms with Crippen LogP contribution < -0.4 is 10.6 Å². The standard InChI is InChI=1S/C15H27N3O/c1-2-15(6-7-16-11-15)14(19)17-9-12-5-8-18(10-12)13-3-4-13/h12-13,16H,2-11H2,1H3,(H,17,19). The number of carbonyl (C=O) groups excluding carboxylic acids is 1. The third-order valence-electron chi connectivity index (χ3n) is 5.33. The smallest absolute Gasteiger partial charge is 0.227 e. The zero-order valence-corrected chi connectivity index (χ0v) is 12.1. The minimum absolute atomic E-state index is 0.130. The van der Waals surface area contributed by atoms with E-state index >= 15 is 0 Å². The van der Waals surface area contributed by atoms with Gasteiger partial charge in [0.15, 0.2) is 0 Å². The van der Waals surface area contributed by atoms with Crippen molar-refractivity contribution < 1.29 is 4.79 Å². The maximum atomic E-state index is 12.4. The Kier molecular flexibility index (Phi) is 3.81. The molecule has 1 aliphatic carbocycles. The summed E-state index contributed by atoms with van der Waals surface area (Å²) in [5.74, 6) is 0.956. The van der Waals surface area contributed by atoms with Gasteiger partial charge < -0.3 is 15.5 Å². The summed E-state index contributed by atoms with van der Waals surface area (Å²) in [7, 11) is 0. The number of rotatable bonds is 5. The average Bonchev–Trinajstić information content (AvgIpc) is 2.99. The lowest BCUT2D eigenvalue weighted by atomic mass is 9.83. The van der Waals surface area contributed by atoms with E-state index in [1.54, 1.807) is 0 Å². The highest BCUT2D eigenvalue weighted by molar-refractivity contribution is 5.83. The van der Waals surface area contributed by atoms with Crippen LogP contribution in [0.25, 0.3) is 0 Å². The van der Waals surface area contributed by atoms with Crippen molar-refractivity contribution in [3.8, 4) is 0 Å². The Morgan fingerprint density at radius 2 is 2.26 bits per heavy atom. The lowest BCUT2D eigenvalue weighted by Crippen LogP contribution is -2.44. The van der Waals surface area contributed by atoms with Crippen molar-refractivity contribution >= 4 is 5.91 Å². The highest BCUT2D eigenvalue weighted by atomic mass is 16.2. The van der Waals surface area contributed by atoms with Crippen molar-refractivity contribution in [1.82, 2.24) is 15.5 Å². The number of hydrogen-bond acceptors (Lipinski definition) is 3. The van der Waals surface area contributed by atoms with Crippen LogP contribution >= 0.6 is 0 Å². The van der Waals surface area contributed by atoms with Crippen molar-refractivity contribution in [2.75, 3.05) is 32.7 Å². The molecule has 2 aliphatic heterocycles. The van der Waals surface area contributed by atoms with Gasteiger partial charge in [0, 0.05) is 25.7 Å². The first-order valence-corrected chi connectivity index (χ1v) is 7.96. The van der Waals surface area contributed by atoms with Crippen LogP contribution in [0.2, 0.25) is 0 Å². The van der Waals surface area contributed by atoms with E-state index in [9.17, 15) is 4.79 Å². The zero-order chi connectivity index (χ0) is 13.3. The minimum atomic E-state index is -0.130. The lowest BCUT2D eigenvalue weighted by molar-refractivity contribution is -0.130. The van der Waals surface area contributed by atoms with Gasteiger partial charge in [-0.15, -0.1) is 0 Å². The molecule has 3 rings (SSSR count). The summed E-state index contributed by atoms with van der Waals surface area (Å²) in [6.45, 7) is 7.29. The highest BCUT2D eigenvalue weighted by Gasteiger charge is 2.40. The summed E-state index contributed by atoms with van der Waals surface area (Å²) in [4.78, 5) is 15.0. The molecule has 0 radical (unpaired) electrons. The Bertz CT molecular complexity index is 334. The first-order valence-electron chi connectivity index (χ1n) is 7.96. The fourth-order valence-electron chi connectivity index (χ4n) is 3.62. The first-order chi connectivity index (χ1) is 9.23. The Balaban J connectivity index is 1.45. The van der Waals surface area contributed by atoms with Crippen molar-refractivity contribution in [2.24, 2.45) is 11.3 Å². The molecule has 0 spiro atoms. The molecule has 2 saturated heterocycles. The summed E-state index contributed by atoms with van der Waals surface area (Å²) in [6, 6.07) is 0.877. The van der Waals surface area contributed by atoms with Crippen molar-refractivity contribution in [2.45, 2.75) is 45.1 Å². The molecule has 0 bridgehead atoms. The van der Waals surface area contributed by atoms with Gasteiger partial charge in [-0.1, -0.05) is 6.92 Å². The number of carbonyl (C=O) groups is 1. The number of nitrogens with zero attached hydrogens (tertiary/aromatic N) is 1. The molecule has 2 atom stereocenters. The highest BCUT2D eigenvalue weighted by Crippen LogP contribution is 2.32. The van der Waals surface area contributed by atoms with Gasteiger partial charge in [-0.2, -0.15) is 0 Å². The predicted octanol–water partition coefficient (Wildman–Crippen LogP) is 0.977. The monoisotopic (exact) mass is 265 g/mol. The molecule has 0 aromatic heterocycles. The van der Waals surface area contributed by atoms with Gasteiger partial charge in [-0.05, 0) is 51.1 Å². The maximum Gasteiger partial charge on any atom is 0.227 e. The number of likely N-dealkylation sites (tertiary alicyclic amines) is 1. The van der Waals surface area contributed by atoms with Crippen molar-refractivity contribution in [1.29, 1.82) is 0 Å². The van der Waals surface area contributed by atoms with Crippen LogP contribution in [0.3, 0.4) is 0 Å². The molecule has 1 amide bonds. The van der Waals surface area contributed by atoms with Gasteiger partial charge in [-0.3, -0.25) is 4.79 Å². The molecular formula is C15H27N3O. The summed E-state index contributed by atoms with van der Waals surface area (Å²) in [5, 5.41) is 6.57. The Morgan fingerprint density at radius 1 is 1.42 bits per heavy atom. The molecule has 1 saturated carbocycles. The van der Waals surface area contributed by atoms with Crippen LogP contribution in [0.1, 0.15) is 39.0 Å². The van der Waals surface area contributed by atoms with E-state index in [-0.39, 0.29) is 11.3 Å². The SMILES string of the molecule is CCC1(C(=O)NCC2CCN(C3CC3)C2)CCNC1. The van der Waals surface area contributed by atoms with Crippen LogP contribution in [-0.4, -0.2) is 49.6 Å². The Morgan fingerprint density at radius 3 is 2.89 bits per heavy atom. The lowest BCUT2D eigenvalue weighted by Gasteiger charge is -2.26. The molecule has 4 nitrogen and oxygen atoms in total. The number of nitrogens with one attached hydrogen (secondary N) is 2. The molecule has 3 aliphatic rings. The normalized spacial score (nSPS) is 35.7. The summed E-state index contributed by atoms with van der Waals surface area (Å²) in [6.07, 6.45) is 5.99. The molecule has 19 heavy (non-hydrogen) atoms. The molecule has 108 valence electrons. The first kappa shape index (κ1) is 13.4. The van der Waals surface area contributed by atoms with E-state index < -0.39 is 0 Å².